The molecule has 0 radical (unpaired) electrons. The summed E-state index contributed by atoms with van der Waals surface area (Å²) in [6, 6.07) is 3.92. The normalized spacial score (nSPS) is 11.4. The summed E-state index contributed by atoms with van der Waals surface area (Å²) in [5.74, 6) is 1.44. The predicted octanol–water partition coefficient (Wildman–Crippen LogP) is 2.54. The first-order valence-electron chi connectivity index (χ1n) is 8.15. The largest absolute Gasteiger partial charge is 0.477 e. The number of nitrogens with one attached hydrogen (secondary N) is 2. The molecule has 2 aromatic rings. The lowest BCUT2D eigenvalue weighted by molar-refractivity contribution is 0.301. The molecule has 0 aliphatic heterocycles. The SMILES string of the molecule is CCCOc1ncccc1CNC(=NC)NCCc1csc(C)n1. The zero-order valence-electron chi connectivity index (χ0n) is 14.5. The highest BCUT2D eigenvalue weighted by atomic mass is 32.1. The van der Waals surface area contributed by atoms with Crippen molar-refractivity contribution in [2.45, 2.75) is 33.2 Å². The van der Waals surface area contributed by atoms with Gasteiger partial charge < -0.3 is 15.4 Å². The zero-order chi connectivity index (χ0) is 17.2. The van der Waals surface area contributed by atoms with Gasteiger partial charge in [-0.3, -0.25) is 4.99 Å². The van der Waals surface area contributed by atoms with Crippen molar-refractivity contribution in [1.82, 2.24) is 20.6 Å². The minimum atomic E-state index is 0.613. The number of ether oxygens (including phenoxy) is 1. The fraction of sp³-hybridized carbons (Fsp3) is 0.471. The standard InChI is InChI=1S/C17H25N5OS/c1-4-10-23-16-14(6-5-8-19-16)11-21-17(18-3)20-9-7-15-12-24-13(2)22-15/h5-6,8,12H,4,7,9-11H2,1-3H3,(H2,18,20,21). The summed E-state index contributed by atoms with van der Waals surface area (Å²) >= 11 is 1.68. The molecular weight excluding hydrogens is 322 g/mol. The van der Waals surface area contributed by atoms with Crippen LogP contribution >= 0.6 is 11.3 Å². The number of guanidine groups is 1. The van der Waals surface area contributed by atoms with E-state index in [1.54, 1.807) is 24.6 Å². The summed E-state index contributed by atoms with van der Waals surface area (Å²) in [6.07, 6.45) is 3.59. The third-order valence-corrected chi connectivity index (χ3v) is 4.13. The molecule has 2 rings (SSSR count). The topological polar surface area (TPSA) is 71.4 Å². The lowest BCUT2D eigenvalue weighted by Crippen LogP contribution is -2.38. The van der Waals surface area contributed by atoms with Crippen LogP contribution in [0.15, 0.2) is 28.7 Å². The Morgan fingerprint density at radius 1 is 1.38 bits per heavy atom. The Morgan fingerprint density at radius 2 is 2.25 bits per heavy atom. The van der Waals surface area contributed by atoms with E-state index in [4.69, 9.17) is 4.74 Å². The van der Waals surface area contributed by atoms with Crippen LogP contribution in [0.3, 0.4) is 0 Å². The number of pyridine rings is 1. The van der Waals surface area contributed by atoms with Gasteiger partial charge in [-0.15, -0.1) is 11.3 Å². The molecule has 130 valence electrons. The molecule has 0 atom stereocenters. The minimum absolute atomic E-state index is 0.613. The number of hydrogen-bond acceptors (Lipinski definition) is 5. The maximum absolute atomic E-state index is 5.68. The highest BCUT2D eigenvalue weighted by Gasteiger charge is 2.06. The van der Waals surface area contributed by atoms with E-state index < -0.39 is 0 Å². The van der Waals surface area contributed by atoms with E-state index in [0.29, 0.717) is 19.0 Å². The van der Waals surface area contributed by atoms with Crippen molar-refractivity contribution in [3.05, 3.63) is 40.0 Å². The van der Waals surface area contributed by atoms with Crippen LogP contribution in [-0.4, -0.2) is 36.1 Å². The van der Waals surface area contributed by atoms with Crippen LogP contribution in [-0.2, 0) is 13.0 Å². The summed E-state index contributed by atoms with van der Waals surface area (Å²) in [4.78, 5) is 13.0. The maximum atomic E-state index is 5.68. The first-order valence-corrected chi connectivity index (χ1v) is 9.03. The van der Waals surface area contributed by atoms with E-state index in [1.807, 2.05) is 19.1 Å². The molecule has 0 aromatic carbocycles. The van der Waals surface area contributed by atoms with E-state index in [-0.39, 0.29) is 0 Å². The van der Waals surface area contributed by atoms with Gasteiger partial charge in [0.05, 0.1) is 17.3 Å². The van der Waals surface area contributed by atoms with Gasteiger partial charge in [-0.1, -0.05) is 13.0 Å². The Kier molecular flexibility index (Phi) is 7.48. The molecule has 0 saturated carbocycles. The van der Waals surface area contributed by atoms with Crippen molar-refractivity contribution in [2.75, 3.05) is 20.2 Å². The molecule has 0 spiro atoms. The summed E-state index contributed by atoms with van der Waals surface area (Å²) in [7, 11) is 1.76. The van der Waals surface area contributed by atoms with E-state index in [9.17, 15) is 0 Å². The van der Waals surface area contributed by atoms with E-state index in [2.05, 4.69) is 37.9 Å². The monoisotopic (exact) mass is 347 g/mol. The first-order chi connectivity index (χ1) is 11.7. The molecule has 0 fully saturated rings. The summed E-state index contributed by atoms with van der Waals surface area (Å²) in [5, 5.41) is 9.80. The number of rotatable bonds is 8. The first kappa shape index (κ1) is 18.2. The molecular formula is C17H25N5OS. The Labute approximate surface area is 147 Å². The molecule has 2 N–H and O–H groups in total. The van der Waals surface area contributed by atoms with Gasteiger partial charge in [0.2, 0.25) is 5.88 Å². The fourth-order valence-corrected chi connectivity index (χ4v) is 2.77. The van der Waals surface area contributed by atoms with Crippen LogP contribution in [0.25, 0.3) is 0 Å². The molecule has 2 heterocycles. The molecule has 0 saturated heterocycles. The van der Waals surface area contributed by atoms with Gasteiger partial charge in [0.25, 0.3) is 0 Å². The third kappa shape index (κ3) is 5.81. The smallest absolute Gasteiger partial charge is 0.218 e. The van der Waals surface area contributed by atoms with E-state index in [0.717, 1.165) is 41.6 Å². The van der Waals surface area contributed by atoms with Crippen LogP contribution in [0.4, 0.5) is 0 Å². The molecule has 0 bridgehead atoms. The second kappa shape index (κ2) is 9.87. The number of aromatic nitrogens is 2. The number of hydrogen-bond donors (Lipinski definition) is 2. The maximum Gasteiger partial charge on any atom is 0.218 e. The molecule has 0 aliphatic carbocycles. The van der Waals surface area contributed by atoms with Crippen molar-refractivity contribution < 1.29 is 4.74 Å². The number of nitrogens with zero attached hydrogens (tertiary/aromatic N) is 3. The highest BCUT2D eigenvalue weighted by molar-refractivity contribution is 7.09. The van der Waals surface area contributed by atoms with Crippen LogP contribution in [0.2, 0.25) is 0 Å². The summed E-state index contributed by atoms with van der Waals surface area (Å²) in [6.45, 7) is 6.17. The number of aliphatic imine (C=N–C) groups is 1. The van der Waals surface area contributed by atoms with Crippen molar-refractivity contribution >= 4 is 17.3 Å². The van der Waals surface area contributed by atoms with Gasteiger partial charge >= 0.3 is 0 Å². The van der Waals surface area contributed by atoms with Crippen LogP contribution < -0.4 is 15.4 Å². The third-order valence-electron chi connectivity index (χ3n) is 3.30. The van der Waals surface area contributed by atoms with Gasteiger partial charge in [0, 0.05) is 43.7 Å². The van der Waals surface area contributed by atoms with E-state index >= 15 is 0 Å². The lowest BCUT2D eigenvalue weighted by Gasteiger charge is -2.13. The fourth-order valence-electron chi connectivity index (χ4n) is 2.12. The molecule has 7 heteroatoms. The highest BCUT2D eigenvalue weighted by Crippen LogP contribution is 2.14. The van der Waals surface area contributed by atoms with Gasteiger partial charge in [-0.2, -0.15) is 0 Å². The quantitative estimate of drug-likeness (QED) is 0.567. The Morgan fingerprint density at radius 3 is 2.96 bits per heavy atom. The van der Waals surface area contributed by atoms with Crippen molar-refractivity contribution in [2.24, 2.45) is 4.99 Å². The van der Waals surface area contributed by atoms with Crippen LogP contribution in [0, 0.1) is 6.92 Å². The zero-order valence-corrected chi connectivity index (χ0v) is 15.3. The number of thiazole rings is 1. The van der Waals surface area contributed by atoms with Gasteiger partial charge in [0.1, 0.15) is 0 Å². The Balaban J connectivity index is 1.81. The minimum Gasteiger partial charge on any atom is -0.477 e. The van der Waals surface area contributed by atoms with Crippen molar-refractivity contribution in [1.29, 1.82) is 0 Å². The Bertz CT molecular complexity index is 656. The van der Waals surface area contributed by atoms with Crippen LogP contribution in [0.1, 0.15) is 29.6 Å². The molecule has 6 nitrogen and oxygen atoms in total. The molecule has 24 heavy (non-hydrogen) atoms. The Hall–Kier alpha value is -2.15. The van der Waals surface area contributed by atoms with Crippen molar-refractivity contribution in [3.63, 3.8) is 0 Å². The summed E-state index contributed by atoms with van der Waals surface area (Å²) in [5.41, 5.74) is 2.13. The average molecular weight is 347 g/mol. The lowest BCUT2D eigenvalue weighted by atomic mass is 10.2. The molecule has 0 amide bonds. The predicted molar refractivity (Wildman–Crippen MR) is 98.8 cm³/mol. The van der Waals surface area contributed by atoms with Crippen LogP contribution in [0.5, 0.6) is 5.88 Å². The average Bonchev–Trinajstić information content (AvgIpc) is 3.02. The molecule has 2 aromatic heterocycles. The summed E-state index contributed by atoms with van der Waals surface area (Å²) < 4.78 is 5.68. The number of aryl methyl sites for hydroxylation is 1. The van der Waals surface area contributed by atoms with Gasteiger partial charge in [-0.25, -0.2) is 9.97 Å². The second-order valence-corrected chi connectivity index (χ2v) is 6.34. The second-order valence-electron chi connectivity index (χ2n) is 5.28. The van der Waals surface area contributed by atoms with Gasteiger partial charge in [0.15, 0.2) is 5.96 Å². The molecule has 0 unspecified atom stereocenters. The van der Waals surface area contributed by atoms with E-state index in [1.165, 1.54) is 0 Å². The van der Waals surface area contributed by atoms with Gasteiger partial charge in [-0.05, 0) is 19.4 Å². The molecule has 0 aliphatic rings. The van der Waals surface area contributed by atoms with Crippen molar-refractivity contribution in [3.8, 4) is 5.88 Å².